The fourth-order valence-electron chi connectivity index (χ4n) is 4.94. The van der Waals surface area contributed by atoms with Gasteiger partial charge in [-0.25, -0.2) is 15.0 Å². The zero-order valence-electron chi connectivity index (χ0n) is 18.3. The van der Waals surface area contributed by atoms with Gasteiger partial charge in [-0.05, 0) is 55.4 Å². The standard InChI is InChI=1S/C24H30ClN5O2/c25-20-15-27-24(28-16-20)30-9-4-18(5-10-30)21-13-19(21)6-11-32-22-3-2-17(14-26-22)12-23(31)29-7-1-8-29/h2-3,14-16,18-19,21H,1,4-13H2/t19-,21-/m0/s1. The first-order chi connectivity index (χ1) is 15.7. The number of hydrogen-bond acceptors (Lipinski definition) is 6. The highest BCUT2D eigenvalue weighted by Gasteiger charge is 2.43. The van der Waals surface area contributed by atoms with Crippen LogP contribution in [0.4, 0.5) is 5.95 Å². The summed E-state index contributed by atoms with van der Waals surface area (Å²) >= 11 is 5.89. The number of pyridine rings is 1. The van der Waals surface area contributed by atoms with Crippen LogP contribution < -0.4 is 9.64 Å². The van der Waals surface area contributed by atoms with E-state index in [0.29, 0.717) is 23.9 Å². The average molecular weight is 456 g/mol. The molecule has 170 valence electrons. The third-order valence-corrected chi connectivity index (χ3v) is 7.31. The molecule has 2 atom stereocenters. The van der Waals surface area contributed by atoms with E-state index in [9.17, 15) is 4.79 Å². The number of aromatic nitrogens is 3. The number of anilines is 1. The van der Waals surface area contributed by atoms with Crippen LogP contribution in [0.3, 0.4) is 0 Å². The normalized spacial score (nSPS) is 23.0. The fraction of sp³-hybridized carbons (Fsp3) is 0.583. The van der Waals surface area contributed by atoms with Crippen LogP contribution in [-0.4, -0.2) is 58.5 Å². The number of rotatable bonds is 8. The Kier molecular flexibility index (Phi) is 6.44. The van der Waals surface area contributed by atoms with Crippen LogP contribution >= 0.6 is 11.6 Å². The third kappa shape index (κ3) is 5.14. The number of likely N-dealkylation sites (tertiary alicyclic amines) is 1. The minimum Gasteiger partial charge on any atom is -0.478 e. The minimum absolute atomic E-state index is 0.193. The van der Waals surface area contributed by atoms with E-state index in [1.54, 1.807) is 18.6 Å². The van der Waals surface area contributed by atoms with Gasteiger partial charge in [0.2, 0.25) is 17.7 Å². The molecular weight excluding hydrogens is 426 g/mol. The number of piperidine rings is 1. The van der Waals surface area contributed by atoms with Crippen molar-refractivity contribution in [2.45, 2.75) is 38.5 Å². The number of carbonyl (C=O) groups is 1. The molecule has 2 aromatic rings. The Morgan fingerprint density at radius 1 is 1.06 bits per heavy atom. The van der Waals surface area contributed by atoms with E-state index < -0.39 is 0 Å². The number of ether oxygens (including phenoxy) is 1. The maximum absolute atomic E-state index is 12.1. The summed E-state index contributed by atoms with van der Waals surface area (Å²) in [6, 6.07) is 3.84. The molecule has 0 aromatic carbocycles. The number of amides is 1. The first-order valence-electron chi connectivity index (χ1n) is 11.7. The van der Waals surface area contributed by atoms with Crippen LogP contribution in [0.15, 0.2) is 30.7 Å². The summed E-state index contributed by atoms with van der Waals surface area (Å²) in [6.07, 6.45) is 11.5. The highest BCUT2D eigenvalue weighted by atomic mass is 35.5. The fourth-order valence-corrected chi connectivity index (χ4v) is 5.04. The molecule has 5 rings (SSSR count). The lowest BCUT2D eigenvalue weighted by Crippen LogP contribution is -2.42. The third-order valence-electron chi connectivity index (χ3n) is 7.11. The van der Waals surface area contributed by atoms with Crippen LogP contribution in [0.2, 0.25) is 5.02 Å². The smallest absolute Gasteiger partial charge is 0.227 e. The molecule has 0 N–H and O–H groups in total. The van der Waals surface area contributed by atoms with Crippen molar-refractivity contribution in [3.05, 3.63) is 41.3 Å². The van der Waals surface area contributed by atoms with Gasteiger partial charge in [-0.15, -0.1) is 0 Å². The quantitative estimate of drug-likeness (QED) is 0.605. The average Bonchev–Trinajstić information content (AvgIpc) is 3.54. The number of halogens is 1. The molecule has 0 radical (unpaired) electrons. The molecule has 0 unspecified atom stereocenters. The van der Waals surface area contributed by atoms with E-state index in [1.165, 1.54) is 19.3 Å². The second-order valence-corrected chi connectivity index (χ2v) is 9.67. The second kappa shape index (κ2) is 9.61. The van der Waals surface area contributed by atoms with Gasteiger partial charge in [0.25, 0.3) is 0 Å². The van der Waals surface area contributed by atoms with Gasteiger partial charge in [-0.2, -0.15) is 0 Å². The van der Waals surface area contributed by atoms with Crippen molar-refractivity contribution in [2.75, 3.05) is 37.7 Å². The van der Waals surface area contributed by atoms with Gasteiger partial charge in [0.15, 0.2) is 0 Å². The molecule has 3 fully saturated rings. The molecule has 32 heavy (non-hydrogen) atoms. The SMILES string of the molecule is O=C(Cc1ccc(OCC[C@H]2C[C@H]2C2CCN(c3ncc(Cl)cn3)CC2)nc1)N1CCC1. The van der Waals surface area contributed by atoms with E-state index in [0.717, 1.165) is 68.3 Å². The Hall–Kier alpha value is -2.41. The Morgan fingerprint density at radius 3 is 2.50 bits per heavy atom. The van der Waals surface area contributed by atoms with Crippen molar-refractivity contribution < 1.29 is 9.53 Å². The van der Waals surface area contributed by atoms with Gasteiger partial charge in [0.1, 0.15) is 0 Å². The second-order valence-electron chi connectivity index (χ2n) is 9.24. The lowest BCUT2D eigenvalue weighted by Gasteiger charge is -2.32. The summed E-state index contributed by atoms with van der Waals surface area (Å²) in [5, 5.41) is 0.579. The van der Waals surface area contributed by atoms with E-state index in [2.05, 4.69) is 19.9 Å². The number of carbonyl (C=O) groups excluding carboxylic acids is 1. The van der Waals surface area contributed by atoms with Crippen molar-refractivity contribution in [1.29, 1.82) is 0 Å². The van der Waals surface area contributed by atoms with Crippen molar-refractivity contribution in [3.8, 4) is 5.88 Å². The van der Waals surface area contributed by atoms with Gasteiger partial charge >= 0.3 is 0 Å². The van der Waals surface area contributed by atoms with E-state index >= 15 is 0 Å². The summed E-state index contributed by atoms with van der Waals surface area (Å²) < 4.78 is 5.87. The molecule has 2 aromatic heterocycles. The first kappa shape index (κ1) is 21.4. The van der Waals surface area contributed by atoms with Gasteiger partial charge in [-0.1, -0.05) is 17.7 Å². The molecule has 2 aliphatic heterocycles. The van der Waals surface area contributed by atoms with Crippen LogP contribution in [0.5, 0.6) is 5.88 Å². The zero-order valence-corrected chi connectivity index (χ0v) is 19.1. The highest BCUT2D eigenvalue weighted by Crippen LogP contribution is 2.49. The van der Waals surface area contributed by atoms with Crippen molar-refractivity contribution in [3.63, 3.8) is 0 Å². The Labute approximate surface area is 194 Å². The summed E-state index contributed by atoms with van der Waals surface area (Å²) in [7, 11) is 0. The lowest BCUT2D eigenvalue weighted by molar-refractivity contribution is -0.133. The minimum atomic E-state index is 0.193. The molecule has 1 aliphatic carbocycles. The topological polar surface area (TPSA) is 71.5 Å². The molecule has 7 nitrogen and oxygen atoms in total. The van der Waals surface area contributed by atoms with Crippen LogP contribution in [0, 0.1) is 17.8 Å². The maximum atomic E-state index is 12.1. The molecule has 4 heterocycles. The Morgan fingerprint density at radius 2 is 1.84 bits per heavy atom. The summed E-state index contributed by atoms with van der Waals surface area (Å²) in [5.74, 6) is 4.03. The monoisotopic (exact) mass is 455 g/mol. The predicted molar refractivity (Wildman–Crippen MR) is 123 cm³/mol. The van der Waals surface area contributed by atoms with Crippen LogP contribution in [0.1, 0.15) is 37.7 Å². The van der Waals surface area contributed by atoms with Crippen molar-refractivity contribution >= 4 is 23.5 Å². The Balaban J connectivity index is 0.997. The predicted octanol–water partition coefficient (Wildman–Crippen LogP) is 3.62. The molecule has 8 heteroatoms. The zero-order chi connectivity index (χ0) is 21.9. The molecule has 2 saturated heterocycles. The van der Waals surface area contributed by atoms with Crippen LogP contribution in [0.25, 0.3) is 0 Å². The molecule has 0 bridgehead atoms. The van der Waals surface area contributed by atoms with E-state index in [4.69, 9.17) is 16.3 Å². The molecule has 0 spiro atoms. The molecule has 3 aliphatic rings. The lowest BCUT2D eigenvalue weighted by atomic mass is 9.90. The molecule has 1 saturated carbocycles. The first-order valence-corrected chi connectivity index (χ1v) is 12.1. The number of nitrogens with zero attached hydrogens (tertiary/aromatic N) is 5. The van der Waals surface area contributed by atoms with Gasteiger partial charge < -0.3 is 14.5 Å². The van der Waals surface area contributed by atoms with Gasteiger partial charge in [0, 0.05) is 38.4 Å². The largest absolute Gasteiger partial charge is 0.478 e. The van der Waals surface area contributed by atoms with Crippen LogP contribution in [-0.2, 0) is 11.2 Å². The maximum Gasteiger partial charge on any atom is 0.227 e. The molecule has 1 amide bonds. The number of hydrogen-bond donors (Lipinski definition) is 0. The highest BCUT2D eigenvalue weighted by molar-refractivity contribution is 6.30. The van der Waals surface area contributed by atoms with E-state index in [-0.39, 0.29) is 5.91 Å². The molecular formula is C24H30ClN5O2. The summed E-state index contributed by atoms with van der Waals surface area (Å²) in [4.78, 5) is 29.3. The van der Waals surface area contributed by atoms with Gasteiger partial charge in [-0.3, -0.25) is 4.79 Å². The van der Waals surface area contributed by atoms with Crippen molar-refractivity contribution in [2.24, 2.45) is 17.8 Å². The Bertz CT molecular complexity index is 911. The van der Waals surface area contributed by atoms with Gasteiger partial charge in [0.05, 0.1) is 30.4 Å². The van der Waals surface area contributed by atoms with E-state index in [1.807, 2.05) is 17.0 Å². The summed E-state index contributed by atoms with van der Waals surface area (Å²) in [6.45, 7) is 4.53. The van der Waals surface area contributed by atoms with Crippen molar-refractivity contribution in [1.82, 2.24) is 19.9 Å². The summed E-state index contributed by atoms with van der Waals surface area (Å²) in [5.41, 5.74) is 0.951.